The lowest BCUT2D eigenvalue weighted by Crippen LogP contribution is -2.28. The molecular formula is C21H28N2O3. The largest absolute Gasteiger partial charge is 0.493 e. The summed E-state index contributed by atoms with van der Waals surface area (Å²) >= 11 is 0. The Kier molecular flexibility index (Phi) is 7.48. The molecule has 1 atom stereocenters. The molecule has 0 aliphatic carbocycles. The van der Waals surface area contributed by atoms with Crippen molar-refractivity contribution in [1.29, 1.82) is 0 Å². The number of nitrogens with one attached hydrogen (secondary N) is 2. The summed E-state index contributed by atoms with van der Waals surface area (Å²) in [4.78, 5) is 11.5. The maximum atomic E-state index is 11.5. The van der Waals surface area contributed by atoms with Crippen molar-refractivity contribution in [1.82, 2.24) is 10.6 Å². The van der Waals surface area contributed by atoms with Crippen molar-refractivity contribution in [3.05, 3.63) is 59.2 Å². The summed E-state index contributed by atoms with van der Waals surface area (Å²) in [5, 5.41) is 6.21. The molecule has 2 rings (SSSR count). The quantitative estimate of drug-likeness (QED) is 0.723. The minimum Gasteiger partial charge on any atom is -0.493 e. The van der Waals surface area contributed by atoms with E-state index in [1.54, 1.807) is 7.11 Å². The van der Waals surface area contributed by atoms with Crippen LogP contribution in [0.5, 0.6) is 11.5 Å². The van der Waals surface area contributed by atoms with Gasteiger partial charge < -0.3 is 20.1 Å². The van der Waals surface area contributed by atoms with Gasteiger partial charge in [0, 0.05) is 19.1 Å². The van der Waals surface area contributed by atoms with Crippen molar-refractivity contribution in [3.8, 4) is 11.5 Å². The first-order valence-corrected chi connectivity index (χ1v) is 8.89. The number of likely N-dealkylation sites (N-methyl/N-ethyl adjacent to an activating group) is 1. The number of benzene rings is 2. The number of hydrogen-bond acceptors (Lipinski definition) is 4. The zero-order chi connectivity index (χ0) is 18.9. The fourth-order valence-corrected chi connectivity index (χ4v) is 2.58. The van der Waals surface area contributed by atoms with Crippen LogP contribution in [0.2, 0.25) is 0 Å². The average molecular weight is 356 g/mol. The molecule has 0 bridgehead atoms. The first kappa shape index (κ1) is 19.8. The van der Waals surface area contributed by atoms with Gasteiger partial charge in [0.05, 0.1) is 7.11 Å². The van der Waals surface area contributed by atoms with Crippen LogP contribution in [0.25, 0.3) is 0 Å². The van der Waals surface area contributed by atoms with Crippen molar-refractivity contribution in [2.45, 2.75) is 33.4 Å². The molecule has 2 aromatic rings. The number of rotatable bonds is 9. The highest BCUT2D eigenvalue weighted by Crippen LogP contribution is 2.28. The van der Waals surface area contributed by atoms with Crippen LogP contribution in [0.4, 0.5) is 0 Å². The van der Waals surface area contributed by atoms with Gasteiger partial charge in [-0.15, -0.1) is 0 Å². The maximum absolute atomic E-state index is 11.5. The van der Waals surface area contributed by atoms with Crippen molar-refractivity contribution >= 4 is 5.91 Å². The Bertz CT molecular complexity index is 714. The van der Waals surface area contributed by atoms with Crippen molar-refractivity contribution < 1.29 is 14.3 Å². The number of carbonyl (C=O) groups excluding carboxylic acids is 1. The maximum Gasteiger partial charge on any atom is 0.257 e. The second-order valence-electron chi connectivity index (χ2n) is 6.24. The highest BCUT2D eigenvalue weighted by Gasteiger charge is 2.10. The van der Waals surface area contributed by atoms with Gasteiger partial charge in [-0.1, -0.05) is 35.9 Å². The predicted molar refractivity (Wildman–Crippen MR) is 104 cm³/mol. The topological polar surface area (TPSA) is 59.6 Å². The molecule has 2 N–H and O–H groups in total. The van der Waals surface area contributed by atoms with Crippen LogP contribution in [0.3, 0.4) is 0 Å². The summed E-state index contributed by atoms with van der Waals surface area (Å²) in [6.07, 6.45) is 0. The Morgan fingerprint density at radius 2 is 1.85 bits per heavy atom. The fraction of sp³-hybridized carbons (Fsp3) is 0.381. The molecule has 0 saturated carbocycles. The molecule has 0 aliphatic heterocycles. The lowest BCUT2D eigenvalue weighted by molar-refractivity contribution is -0.123. The Morgan fingerprint density at radius 3 is 2.50 bits per heavy atom. The SMILES string of the molecule is CCNC(=O)COc1ccc(CNC(C)c2ccc(C)cc2)cc1OC. The van der Waals surface area contributed by atoms with Gasteiger partial charge in [-0.3, -0.25) is 4.79 Å². The van der Waals surface area contributed by atoms with Gasteiger partial charge in [0.25, 0.3) is 5.91 Å². The molecule has 0 aromatic heterocycles. The van der Waals surface area contributed by atoms with E-state index in [-0.39, 0.29) is 18.6 Å². The lowest BCUT2D eigenvalue weighted by Gasteiger charge is -2.16. The third-order valence-electron chi connectivity index (χ3n) is 4.15. The summed E-state index contributed by atoms with van der Waals surface area (Å²) in [7, 11) is 1.60. The molecule has 26 heavy (non-hydrogen) atoms. The summed E-state index contributed by atoms with van der Waals surface area (Å²) < 4.78 is 10.9. The molecule has 0 fully saturated rings. The molecule has 140 valence electrons. The Morgan fingerprint density at radius 1 is 1.12 bits per heavy atom. The highest BCUT2D eigenvalue weighted by atomic mass is 16.5. The van der Waals surface area contributed by atoms with Crippen LogP contribution >= 0.6 is 0 Å². The zero-order valence-electron chi connectivity index (χ0n) is 16.0. The van der Waals surface area contributed by atoms with E-state index in [9.17, 15) is 4.79 Å². The van der Waals surface area contributed by atoms with Crippen LogP contribution < -0.4 is 20.1 Å². The van der Waals surface area contributed by atoms with Gasteiger partial charge in [0.15, 0.2) is 18.1 Å². The van der Waals surface area contributed by atoms with Crippen LogP contribution in [-0.4, -0.2) is 26.2 Å². The molecule has 1 amide bonds. The molecule has 0 saturated heterocycles. The number of amides is 1. The van der Waals surface area contributed by atoms with Crippen LogP contribution in [0.15, 0.2) is 42.5 Å². The van der Waals surface area contributed by atoms with E-state index >= 15 is 0 Å². The molecule has 2 aromatic carbocycles. The van der Waals surface area contributed by atoms with Gasteiger partial charge in [-0.05, 0) is 44.0 Å². The first-order chi connectivity index (χ1) is 12.5. The first-order valence-electron chi connectivity index (χ1n) is 8.89. The van der Waals surface area contributed by atoms with Gasteiger partial charge in [0.1, 0.15) is 0 Å². The van der Waals surface area contributed by atoms with E-state index in [1.807, 2.05) is 25.1 Å². The van der Waals surface area contributed by atoms with Gasteiger partial charge in [-0.2, -0.15) is 0 Å². The van der Waals surface area contributed by atoms with E-state index in [0.29, 0.717) is 24.6 Å². The van der Waals surface area contributed by atoms with Crippen molar-refractivity contribution in [3.63, 3.8) is 0 Å². The molecule has 0 spiro atoms. The van der Waals surface area contributed by atoms with Crippen LogP contribution in [0, 0.1) is 6.92 Å². The molecular weight excluding hydrogens is 328 g/mol. The second kappa shape index (κ2) is 9.82. The van der Waals surface area contributed by atoms with E-state index < -0.39 is 0 Å². The van der Waals surface area contributed by atoms with Crippen LogP contribution in [0.1, 0.15) is 36.6 Å². The molecule has 0 aliphatic rings. The third-order valence-corrected chi connectivity index (χ3v) is 4.15. The lowest BCUT2D eigenvalue weighted by atomic mass is 10.1. The van der Waals surface area contributed by atoms with Gasteiger partial charge in [-0.25, -0.2) is 0 Å². The second-order valence-corrected chi connectivity index (χ2v) is 6.24. The molecule has 0 radical (unpaired) electrons. The van der Waals surface area contributed by atoms with E-state index in [2.05, 4.69) is 48.7 Å². The van der Waals surface area contributed by atoms with E-state index in [4.69, 9.17) is 9.47 Å². The Labute approximate surface area is 155 Å². The van der Waals surface area contributed by atoms with Crippen molar-refractivity contribution in [2.24, 2.45) is 0 Å². The summed E-state index contributed by atoms with van der Waals surface area (Å²) in [6, 6.07) is 14.5. The monoisotopic (exact) mass is 356 g/mol. The Hall–Kier alpha value is -2.53. The van der Waals surface area contributed by atoms with Gasteiger partial charge >= 0.3 is 0 Å². The third kappa shape index (κ3) is 5.77. The number of methoxy groups -OCH3 is 1. The summed E-state index contributed by atoms with van der Waals surface area (Å²) in [6.45, 7) is 7.38. The molecule has 1 unspecified atom stereocenters. The molecule has 5 heteroatoms. The molecule has 0 heterocycles. The number of carbonyl (C=O) groups is 1. The summed E-state index contributed by atoms with van der Waals surface area (Å²) in [5.74, 6) is 1.04. The fourth-order valence-electron chi connectivity index (χ4n) is 2.58. The molecule has 5 nitrogen and oxygen atoms in total. The highest BCUT2D eigenvalue weighted by molar-refractivity contribution is 5.77. The van der Waals surface area contributed by atoms with E-state index in [0.717, 1.165) is 5.56 Å². The average Bonchev–Trinajstić information content (AvgIpc) is 2.65. The normalized spacial score (nSPS) is 11.7. The predicted octanol–water partition coefficient (Wildman–Crippen LogP) is 3.37. The standard InChI is InChI=1S/C21H28N2O3/c1-5-22-21(24)14-26-19-11-8-17(12-20(19)25-4)13-23-16(3)18-9-6-15(2)7-10-18/h6-12,16,23H,5,13-14H2,1-4H3,(H,22,24). The van der Waals surface area contributed by atoms with Gasteiger partial charge in [0.2, 0.25) is 0 Å². The number of hydrogen-bond donors (Lipinski definition) is 2. The zero-order valence-corrected chi connectivity index (χ0v) is 16.0. The smallest absolute Gasteiger partial charge is 0.257 e. The number of ether oxygens (including phenoxy) is 2. The number of aryl methyl sites for hydroxylation is 1. The van der Waals surface area contributed by atoms with E-state index in [1.165, 1.54) is 11.1 Å². The van der Waals surface area contributed by atoms with Crippen LogP contribution in [-0.2, 0) is 11.3 Å². The minimum absolute atomic E-state index is 0.0216. The minimum atomic E-state index is -0.146. The summed E-state index contributed by atoms with van der Waals surface area (Å²) in [5.41, 5.74) is 3.60. The Balaban J connectivity index is 1.95. The van der Waals surface area contributed by atoms with Crippen molar-refractivity contribution in [2.75, 3.05) is 20.3 Å².